The van der Waals surface area contributed by atoms with E-state index in [2.05, 4.69) is 4.90 Å². The standard InChI is InChI=1S/C18H24ClFN2O4/c1-17(2,3)26-16(23)21-6-7-22-11-18(24,25-10-13(22)9-21)12-4-5-15(20)14(19)8-12/h4-5,8,13,24H,6-7,9-11H2,1-3H3/t13-,18-/m0/s1. The molecule has 3 rings (SSSR count). The zero-order valence-corrected chi connectivity index (χ0v) is 15.9. The number of carbonyl (C=O) groups is 1. The smallest absolute Gasteiger partial charge is 0.410 e. The van der Waals surface area contributed by atoms with E-state index in [1.807, 2.05) is 20.8 Å². The van der Waals surface area contributed by atoms with Crippen molar-refractivity contribution in [1.29, 1.82) is 0 Å². The number of piperazine rings is 1. The van der Waals surface area contributed by atoms with E-state index < -0.39 is 17.2 Å². The second kappa shape index (κ2) is 6.96. The number of rotatable bonds is 1. The number of halogens is 2. The summed E-state index contributed by atoms with van der Waals surface area (Å²) in [6.45, 7) is 7.52. The van der Waals surface area contributed by atoms with Crippen molar-refractivity contribution in [2.45, 2.75) is 38.2 Å². The Morgan fingerprint density at radius 3 is 2.81 bits per heavy atom. The van der Waals surface area contributed by atoms with Gasteiger partial charge in [-0.05, 0) is 32.9 Å². The van der Waals surface area contributed by atoms with E-state index in [1.54, 1.807) is 4.90 Å². The molecule has 144 valence electrons. The molecule has 0 aromatic heterocycles. The highest BCUT2D eigenvalue weighted by atomic mass is 35.5. The average molecular weight is 387 g/mol. The monoisotopic (exact) mass is 386 g/mol. The predicted molar refractivity (Wildman–Crippen MR) is 94.4 cm³/mol. The lowest BCUT2D eigenvalue weighted by molar-refractivity contribution is -0.266. The molecule has 0 spiro atoms. The van der Waals surface area contributed by atoms with Crippen LogP contribution in [-0.4, -0.2) is 65.4 Å². The molecular weight excluding hydrogens is 363 g/mol. The van der Waals surface area contributed by atoms with Gasteiger partial charge in [-0.2, -0.15) is 0 Å². The second-order valence-electron chi connectivity index (χ2n) is 7.77. The van der Waals surface area contributed by atoms with Gasteiger partial charge in [0.05, 0.1) is 24.2 Å². The molecule has 0 bridgehead atoms. The molecule has 1 aromatic carbocycles. The molecule has 1 amide bonds. The van der Waals surface area contributed by atoms with Gasteiger partial charge >= 0.3 is 6.09 Å². The lowest BCUT2D eigenvalue weighted by Crippen LogP contribution is -2.63. The molecule has 2 saturated heterocycles. The molecule has 26 heavy (non-hydrogen) atoms. The molecular formula is C18H24ClFN2O4. The summed E-state index contributed by atoms with van der Waals surface area (Å²) in [5.41, 5.74) is -0.128. The van der Waals surface area contributed by atoms with Crippen LogP contribution >= 0.6 is 11.6 Å². The topological polar surface area (TPSA) is 62.2 Å². The fourth-order valence-corrected chi connectivity index (χ4v) is 3.40. The number of morpholine rings is 1. The highest BCUT2D eigenvalue weighted by molar-refractivity contribution is 6.30. The van der Waals surface area contributed by atoms with Crippen molar-refractivity contribution in [2.24, 2.45) is 0 Å². The van der Waals surface area contributed by atoms with Crippen LogP contribution in [-0.2, 0) is 15.3 Å². The molecule has 2 atom stereocenters. The van der Waals surface area contributed by atoms with Gasteiger partial charge in [0.1, 0.15) is 11.4 Å². The van der Waals surface area contributed by atoms with Crippen molar-refractivity contribution in [3.63, 3.8) is 0 Å². The Kier molecular flexibility index (Phi) is 5.18. The first kappa shape index (κ1) is 19.4. The van der Waals surface area contributed by atoms with E-state index in [0.29, 0.717) is 25.2 Å². The molecule has 1 aromatic rings. The number of benzene rings is 1. The number of carbonyl (C=O) groups excluding carboxylic acids is 1. The van der Waals surface area contributed by atoms with Gasteiger partial charge in [0.2, 0.25) is 5.79 Å². The third-order valence-electron chi connectivity index (χ3n) is 4.56. The lowest BCUT2D eigenvalue weighted by atomic mass is 10.0. The Bertz CT molecular complexity index is 696. The van der Waals surface area contributed by atoms with Gasteiger partial charge in [-0.25, -0.2) is 9.18 Å². The van der Waals surface area contributed by atoms with Crippen LogP contribution in [0.3, 0.4) is 0 Å². The van der Waals surface area contributed by atoms with Gasteiger partial charge in [-0.3, -0.25) is 4.90 Å². The van der Waals surface area contributed by atoms with Gasteiger partial charge in [0.15, 0.2) is 0 Å². The van der Waals surface area contributed by atoms with E-state index in [9.17, 15) is 14.3 Å². The molecule has 2 aliphatic heterocycles. The Morgan fingerprint density at radius 2 is 2.15 bits per heavy atom. The zero-order chi connectivity index (χ0) is 19.1. The number of amides is 1. The van der Waals surface area contributed by atoms with Crippen molar-refractivity contribution < 1.29 is 23.8 Å². The van der Waals surface area contributed by atoms with E-state index in [1.165, 1.54) is 18.2 Å². The van der Waals surface area contributed by atoms with Crippen LogP contribution in [0.25, 0.3) is 0 Å². The number of ether oxygens (including phenoxy) is 2. The fourth-order valence-electron chi connectivity index (χ4n) is 3.22. The quantitative estimate of drug-likeness (QED) is 0.803. The number of aliphatic hydroxyl groups is 1. The average Bonchev–Trinajstić information content (AvgIpc) is 2.55. The summed E-state index contributed by atoms with van der Waals surface area (Å²) in [6.07, 6.45) is -0.344. The summed E-state index contributed by atoms with van der Waals surface area (Å²) in [7, 11) is 0. The summed E-state index contributed by atoms with van der Waals surface area (Å²) < 4.78 is 24.5. The van der Waals surface area contributed by atoms with Crippen LogP contribution < -0.4 is 0 Å². The first-order chi connectivity index (χ1) is 12.1. The second-order valence-corrected chi connectivity index (χ2v) is 8.18. The molecule has 2 aliphatic rings. The first-order valence-corrected chi connectivity index (χ1v) is 8.99. The first-order valence-electron chi connectivity index (χ1n) is 8.61. The summed E-state index contributed by atoms with van der Waals surface area (Å²) >= 11 is 5.83. The number of hydrogen-bond donors (Lipinski definition) is 1. The van der Waals surface area contributed by atoms with E-state index in [4.69, 9.17) is 21.1 Å². The normalized spacial score (nSPS) is 27.2. The molecule has 8 heteroatoms. The van der Waals surface area contributed by atoms with Crippen LogP contribution in [0.15, 0.2) is 18.2 Å². The molecule has 0 aliphatic carbocycles. The predicted octanol–water partition coefficient (Wildman–Crippen LogP) is 2.58. The van der Waals surface area contributed by atoms with E-state index in [-0.39, 0.29) is 30.3 Å². The molecule has 6 nitrogen and oxygen atoms in total. The fraction of sp³-hybridized carbons (Fsp3) is 0.611. The highest BCUT2D eigenvalue weighted by Gasteiger charge is 2.43. The number of hydrogen-bond acceptors (Lipinski definition) is 5. The summed E-state index contributed by atoms with van der Waals surface area (Å²) in [6, 6.07) is 4.03. The molecule has 1 N–H and O–H groups in total. The highest BCUT2D eigenvalue weighted by Crippen LogP contribution is 2.32. The number of fused-ring (bicyclic) bond motifs is 1. The maximum atomic E-state index is 13.4. The SMILES string of the molecule is CC(C)(C)OC(=O)N1CCN2C[C@@](O)(c3ccc(F)c(Cl)c3)OC[C@@H]2C1. The van der Waals surface area contributed by atoms with Crippen molar-refractivity contribution in [3.8, 4) is 0 Å². The zero-order valence-electron chi connectivity index (χ0n) is 15.2. The van der Waals surface area contributed by atoms with Crippen LogP contribution in [0.4, 0.5) is 9.18 Å². The minimum atomic E-state index is -1.55. The maximum Gasteiger partial charge on any atom is 0.410 e. The maximum absolute atomic E-state index is 13.4. The van der Waals surface area contributed by atoms with Crippen LogP contribution in [0.2, 0.25) is 5.02 Å². The van der Waals surface area contributed by atoms with Gasteiger partial charge in [0.25, 0.3) is 0 Å². The minimum absolute atomic E-state index is 0.0348. The third kappa shape index (κ3) is 4.11. The third-order valence-corrected chi connectivity index (χ3v) is 4.85. The van der Waals surface area contributed by atoms with Crippen molar-refractivity contribution in [3.05, 3.63) is 34.6 Å². The Balaban J connectivity index is 1.66. The summed E-state index contributed by atoms with van der Waals surface area (Å²) in [4.78, 5) is 16.0. The largest absolute Gasteiger partial charge is 0.444 e. The molecule has 0 radical (unpaired) electrons. The van der Waals surface area contributed by atoms with Gasteiger partial charge in [0, 0.05) is 25.2 Å². The van der Waals surface area contributed by atoms with Crippen LogP contribution in [0.5, 0.6) is 0 Å². The molecule has 0 saturated carbocycles. The number of nitrogens with zero attached hydrogens (tertiary/aromatic N) is 2. The Hall–Kier alpha value is -1.41. The van der Waals surface area contributed by atoms with Crippen molar-refractivity contribution >= 4 is 17.7 Å². The molecule has 2 heterocycles. The van der Waals surface area contributed by atoms with Crippen LogP contribution in [0, 0.1) is 5.82 Å². The van der Waals surface area contributed by atoms with E-state index >= 15 is 0 Å². The Labute approximate surface area is 157 Å². The summed E-state index contributed by atoms with van der Waals surface area (Å²) in [5.74, 6) is -2.10. The minimum Gasteiger partial charge on any atom is -0.444 e. The van der Waals surface area contributed by atoms with Gasteiger partial charge in [-0.15, -0.1) is 0 Å². The van der Waals surface area contributed by atoms with Crippen molar-refractivity contribution in [1.82, 2.24) is 9.80 Å². The Morgan fingerprint density at radius 1 is 1.42 bits per heavy atom. The van der Waals surface area contributed by atoms with Gasteiger partial charge < -0.3 is 19.5 Å². The van der Waals surface area contributed by atoms with E-state index in [0.717, 1.165) is 0 Å². The van der Waals surface area contributed by atoms with Crippen molar-refractivity contribution in [2.75, 3.05) is 32.8 Å². The molecule has 2 fully saturated rings. The van der Waals surface area contributed by atoms with Crippen LogP contribution in [0.1, 0.15) is 26.3 Å². The van der Waals surface area contributed by atoms with Gasteiger partial charge in [-0.1, -0.05) is 17.7 Å². The molecule has 0 unspecified atom stereocenters. The summed E-state index contributed by atoms with van der Waals surface area (Å²) in [5, 5.41) is 10.8. The lowest BCUT2D eigenvalue weighted by Gasteiger charge is -2.48.